The third-order valence-corrected chi connectivity index (χ3v) is 6.22. The number of para-hydroxylation sites is 2. The maximum absolute atomic E-state index is 13.2. The maximum atomic E-state index is 13.2. The molecule has 1 saturated heterocycles. The number of nitrogens with zero attached hydrogens (tertiary/aromatic N) is 3. The fourth-order valence-corrected chi connectivity index (χ4v) is 4.63. The van der Waals surface area contributed by atoms with Gasteiger partial charge in [-0.25, -0.2) is 9.97 Å². The predicted molar refractivity (Wildman–Crippen MR) is 117 cm³/mol. The van der Waals surface area contributed by atoms with E-state index in [-0.39, 0.29) is 17.2 Å². The number of aromatic amines is 1. The molecule has 1 fully saturated rings. The first-order valence-corrected chi connectivity index (χ1v) is 10.9. The van der Waals surface area contributed by atoms with Gasteiger partial charge in [-0.2, -0.15) is 0 Å². The van der Waals surface area contributed by atoms with Gasteiger partial charge in [0.15, 0.2) is 5.16 Å². The molecule has 152 valence electrons. The van der Waals surface area contributed by atoms with E-state index in [0.29, 0.717) is 45.1 Å². The summed E-state index contributed by atoms with van der Waals surface area (Å²) in [5.74, 6) is 0.950. The number of aromatic nitrogens is 4. The molecule has 7 nitrogen and oxygen atoms in total. The number of nitrogens with one attached hydrogen (secondary N) is 1. The lowest BCUT2D eigenvalue weighted by atomic mass is 10.2. The number of hydrogen-bond donors (Lipinski definition) is 1. The summed E-state index contributed by atoms with van der Waals surface area (Å²) in [5, 5.41) is 1.76. The topological polar surface area (TPSA) is 89.9 Å². The van der Waals surface area contributed by atoms with Crippen LogP contribution in [0.1, 0.15) is 18.7 Å². The molecule has 8 heteroatoms. The van der Waals surface area contributed by atoms with Gasteiger partial charge >= 0.3 is 0 Å². The second kappa shape index (κ2) is 8.04. The zero-order valence-electron chi connectivity index (χ0n) is 16.2. The monoisotopic (exact) mass is 420 g/mol. The minimum absolute atomic E-state index is 0.0172. The van der Waals surface area contributed by atoms with Crippen molar-refractivity contribution < 1.29 is 4.74 Å². The van der Waals surface area contributed by atoms with Crippen LogP contribution in [-0.2, 0) is 17.0 Å². The van der Waals surface area contributed by atoms with Crippen LogP contribution >= 0.6 is 11.8 Å². The average Bonchev–Trinajstić information content (AvgIpc) is 3.28. The van der Waals surface area contributed by atoms with E-state index in [9.17, 15) is 9.59 Å². The van der Waals surface area contributed by atoms with E-state index in [0.717, 1.165) is 19.4 Å². The van der Waals surface area contributed by atoms with Crippen LogP contribution in [0.4, 0.5) is 0 Å². The smallest absolute Gasteiger partial charge is 0.262 e. The van der Waals surface area contributed by atoms with Crippen LogP contribution in [0.15, 0.2) is 63.3 Å². The molecule has 3 heterocycles. The first-order valence-electron chi connectivity index (χ1n) is 9.91. The van der Waals surface area contributed by atoms with Gasteiger partial charge in [-0.1, -0.05) is 36.0 Å². The highest BCUT2D eigenvalue weighted by Crippen LogP contribution is 2.23. The van der Waals surface area contributed by atoms with Gasteiger partial charge < -0.3 is 9.72 Å². The Kier molecular flexibility index (Phi) is 5.10. The first kappa shape index (κ1) is 19.0. The van der Waals surface area contributed by atoms with Gasteiger partial charge in [0.25, 0.3) is 11.1 Å². The van der Waals surface area contributed by atoms with Crippen molar-refractivity contribution in [1.82, 2.24) is 19.5 Å². The Morgan fingerprint density at radius 1 is 1.03 bits per heavy atom. The van der Waals surface area contributed by atoms with E-state index < -0.39 is 0 Å². The Morgan fingerprint density at radius 3 is 2.53 bits per heavy atom. The van der Waals surface area contributed by atoms with Crippen LogP contribution in [0.3, 0.4) is 0 Å². The molecule has 1 atom stereocenters. The Bertz CT molecular complexity index is 1340. The van der Waals surface area contributed by atoms with Crippen LogP contribution in [0, 0.1) is 0 Å². The highest BCUT2D eigenvalue weighted by molar-refractivity contribution is 7.98. The van der Waals surface area contributed by atoms with E-state index in [2.05, 4.69) is 9.97 Å². The number of fused-ring (bicyclic) bond motifs is 2. The van der Waals surface area contributed by atoms with Crippen LogP contribution in [0.5, 0.6) is 0 Å². The van der Waals surface area contributed by atoms with E-state index in [1.807, 2.05) is 36.4 Å². The fraction of sp³-hybridized carbons (Fsp3) is 0.273. The third kappa shape index (κ3) is 3.64. The number of benzene rings is 2. The van der Waals surface area contributed by atoms with Crippen molar-refractivity contribution in [3.63, 3.8) is 0 Å². The summed E-state index contributed by atoms with van der Waals surface area (Å²) >= 11 is 1.39. The molecule has 2 aromatic carbocycles. The molecule has 1 aliphatic heterocycles. The number of thioether (sulfide) groups is 1. The zero-order chi connectivity index (χ0) is 20.5. The summed E-state index contributed by atoms with van der Waals surface area (Å²) in [6.07, 6.45) is 1.96. The summed E-state index contributed by atoms with van der Waals surface area (Å²) in [6.45, 7) is 1.20. The lowest BCUT2D eigenvalue weighted by molar-refractivity contribution is 0.0937. The van der Waals surface area contributed by atoms with Gasteiger partial charge in [-0.3, -0.25) is 14.2 Å². The van der Waals surface area contributed by atoms with Crippen molar-refractivity contribution in [3.05, 3.63) is 75.1 Å². The third-order valence-electron chi connectivity index (χ3n) is 5.24. The van der Waals surface area contributed by atoms with Crippen molar-refractivity contribution in [1.29, 1.82) is 0 Å². The molecular formula is C22H20N4O3S. The Balaban J connectivity index is 1.51. The molecule has 0 saturated carbocycles. The van der Waals surface area contributed by atoms with Crippen LogP contribution in [0.2, 0.25) is 0 Å². The summed E-state index contributed by atoms with van der Waals surface area (Å²) in [7, 11) is 0. The molecular weight excluding hydrogens is 400 g/mol. The van der Waals surface area contributed by atoms with Crippen molar-refractivity contribution >= 4 is 33.6 Å². The van der Waals surface area contributed by atoms with Crippen molar-refractivity contribution in [2.75, 3.05) is 6.61 Å². The molecule has 1 aliphatic rings. The van der Waals surface area contributed by atoms with Gasteiger partial charge in [0, 0.05) is 6.61 Å². The van der Waals surface area contributed by atoms with Crippen molar-refractivity contribution in [2.24, 2.45) is 0 Å². The Hall–Kier alpha value is -2.97. The van der Waals surface area contributed by atoms with E-state index >= 15 is 0 Å². The Morgan fingerprint density at radius 2 is 1.77 bits per heavy atom. The zero-order valence-corrected chi connectivity index (χ0v) is 17.0. The highest BCUT2D eigenvalue weighted by Gasteiger charge is 2.20. The van der Waals surface area contributed by atoms with Crippen LogP contribution < -0.4 is 11.1 Å². The van der Waals surface area contributed by atoms with Crippen LogP contribution in [0.25, 0.3) is 21.8 Å². The number of rotatable bonds is 5. The quantitative estimate of drug-likeness (QED) is 0.394. The van der Waals surface area contributed by atoms with Gasteiger partial charge in [-0.15, -0.1) is 0 Å². The molecule has 0 radical (unpaired) electrons. The largest absolute Gasteiger partial charge is 0.376 e. The van der Waals surface area contributed by atoms with Crippen LogP contribution in [-0.4, -0.2) is 32.2 Å². The van der Waals surface area contributed by atoms with E-state index in [1.165, 1.54) is 11.8 Å². The second-order valence-electron chi connectivity index (χ2n) is 7.28. The SMILES string of the molecule is O=c1[nH]c(CSc2nc3ccccc3c(=O)n2CC2CCCO2)nc2ccccc12. The minimum Gasteiger partial charge on any atom is -0.376 e. The van der Waals surface area contributed by atoms with Gasteiger partial charge in [0.2, 0.25) is 0 Å². The van der Waals surface area contributed by atoms with Crippen molar-refractivity contribution in [2.45, 2.75) is 36.4 Å². The molecule has 2 aromatic heterocycles. The van der Waals surface area contributed by atoms with Gasteiger partial charge in [0.05, 0.1) is 40.2 Å². The summed E-state index contributed by atoms with van der Waals surface area (Å²) in [5.41, 5.74) is 1.08. The average molecular weight is 420 g/mol. The molecule has 30 heavy (non-hydrogen) atoms. The summed E-state index contributed by atoms with van der Waals surface area (Å²) < 4.78 is 7.45. The van der Waals surface area contributed by atoms with Gasteiger partial charge in [0.1, 0.15) is 5.82 Å². The number of ether oxygens (including phenoxy) is 1. The summed E-state index contributed by atoms with van der Waals surface area (Å²) in [6, 6.07) is 14.6. The molecule has 1 N–H and O–H groups in total. The van der Waals surface area contributed by atoms with Crippen molar-refractivity contribution in [3.8, 4) is 0 Å². The maximum Gasteiger partial charge on any atom is 0.262 e. The standard InChI is InChI=1S/C22H20N4O3S/c27-20-15-7-1-3-9-17(15)23-19(25-20)13-30-22-24-18-10-4-2-8-16(18)21(28)26(22)12-14-6-5-11-29-14/h1-4,7-10,14H,5-6,11-13H2,(H,23,25,27). The lowest BCUT2D eigenvalue weighted by Crippen LogP contribution is -2.28. The fourth-order valence-electron chi connectivity index (χ4n) is 3.75. The molecule has 0 aliphatic carbocycles. The first-order chi connectivity index (χ1) is 14.7. The normalized spacial score (nSPS) is 16.5. The van der Waals surface area contributed by atoms with E-state index in [1.54, 1.807) is 16.7 Å². The summed E-state index contributed by atoms with van der Waals surface area (Å²) in [4.78, 5) is 37.6. The molecule has 0 amide bonds. The highest BCUT2D eigenvalue weighted by atomic mass is 32.2. The predicted octanol–water partition coefficient (Wildman–Crippen LogP) is 3.10. The lowest BCUT2D eigenvalue weighted by Gasteiger charge is -2.16. The number of H-pyrrole nitrogens is 1. The Labute approximate surface area is 176 Å². The second-order valence-corrected chi connectivity index (χ2v) is 8.22. The molecule has 5 rings (SSSR count). The molecule has 0 bridgehead atoms. The molecule has 0 spiro atoms. The van der Waals surface area contributed by atoms with E-state index in [4.69, 9.17) is 9.72 Å². The molecule has 1 unspecified atom stereocenters. The number of hydrogen-bond acceptors (Lipinski definition) is 6. The molecule has 4 aromatic rings. The van der Waals surface area contributed by atoms with Gasteiger partial charge in [-0.05, 0) is 37.1 Å². The minimum atomic E-state index is -0.167.